The maximum absolute atomic E-state index is 12.6. The Bertz CT molecular complexity index is 848. The number of carbonyl (C=O) groups excluding carboxylic acids is 1. The molecule has 4 aliphatic rings. The second-order valence-corrected chi connectivity index (χ2v) is 13.6. The normalized spacial score (nSPS) is 40.6. The van der Waals surface area contributed by atoms with E-state index in [1.807, 2.05) is 0 Å². The summed E-state index contributed by atoms with van der Waals surface area (Å²) in [6.07, 6.45) is 12.4. The van der Waals surface area contributed by atoms with E-state index in [4.69, 9.17) is 9.84 Å². The van der Waals surface area contributed by atoms with E-state index in [2.05, 4.69) is 40.7 Å². The van der Waals surface area contributed by atoms with Gasteiger partial charge in [-0.2, -0.15) is 0 Å². The van der Waals surface area contributed by atoms with Gasteiger partial charge < -0.3 is 14.9 Å². The predicted octanol–water partition coefficient (Wildman–Crippen LogP) is 6.78. The Hall–Kier alpha value is -1.36. The zero-order valence-corrected chi connectivity index (χ0v) is 23.3. The number of carbonyl (C=O) groups is 2. The van der Waals surface area contributed by atoms with Crippen LogP contribution in [0.4, 0.5) is 0 Å². The summed E-state index contributed by atoms with van der Waals surface area (Å²) in [6, 6.07) is 0. The van der Waals surface area contributed by atoms with Crippen LogP contribution >= 0.6 is 0 Å². The number of carboxylic acids is 1. The highest BCUT2D eigenvalue weighted by atomic mass is 16.5. The van der Waals surface area contributed by atoms with E-state index in [-0.39, 0.29) is 24.4 Å². The number of allylic oxidation sites excluding steroid dienone is 1. The molecule has 4 aliphatic carbocycles. The lowest BCUT2D eigenvalue weighted by Gasteiger charge is -2.60. The second-order valence-electron chi connectivity index (χ2n) is 13.6. The van der Waals surface area contributed by atoms with E-state index in [0.717, 1.165) is 30.6 Å². The summed E-state index contributed by atoms with van der Waals surface area (Å²) in [5.41, 5.74) is 1.39. The molecule has 5 heteroatoms. The lowest BCUT2D eigenvalue weighted by molar-refractivity contribution is -0.170. The summed E-state index contributed by atoms with van der Waals surface area (Å²) in [6.45, 7) is 12.0. The molecular formula is C31H50O5. The van der Waals surface area contributed by atoms with Gasteiger partial charge in [0.15, 0.2) is 0 Å². The van der Waals surface area contributed by atoms with Crippen LogP contribution in [0.1, 0.15) is 112 Å². The van der Waals surface area contributed by atoms with Gasteiger partial charge >= 0.3 is 11.9 Å². The number of fused-ring (bicyclic) bond motifs is 5. The van der Waals surface area contributed by atoms with Crippen LogP contribution in [0.2, 0.25) is 0 Å². The number of aliphatic hydroxyl groups is 1. The molecule has 0 bridgehead atoms. The zero-order chi connectivity index (χ0) is 26.3. The largest absolute Gasteiger partial charge is 0.481 e. The third kappa shape index (κ3) is 5.15. The monoisotopic (exact) mass is 502 g/mol. The molecule has 204 valence electrons. The number of ether oxygens (including phenoxy) is 1. The first kappa shape index (κ1) is 27.7. The van der Waals surface area contributed by atoms with Crippen molar-refractivity contribution in [3.63, 3.8) is 0 Å². The number of aliphatic hydroxyl groups excluding tert-OH is 1. The molecule has 4 rings (SSSR count). The number of rotatable bonds is 9. The van der Waals surface area contributed by atoms with E-state index in [9.17, 15) is 14.7 Å². The van der Waals surface area contributed by atoms with Crippen LogP contribution in [0, 0.1) is 46.3 Å². The Labute approximate surface area is 218 Å². The van der Waals surface area contributed by atoms with Gasteiger partial charge in [-0.15, -0.1) is 0 Å². The average Bonchev–Trinajstić information content (AvgIpc) is 3.15. The molecule has 1 unspecified atom stereocenters. The van der Waals surface area contributed by atoms with Crippen LogP contribution < -0.4 is 0 Å². The quantitative estimate of drug-likeness (QED) is 0.268. The minimum atomic E-state index is -0.985. The molecule has 36 heavy (non-hydrogen) atoms. The molecule has 0 spiro atoms. The van der Waals surface area contributed by atoms with E-state index < -0.39 is 18.0 Å². The molecule has 0 aromatic rings. The maximum atomic E-state index is 12.6. The number of aliphatic carboxylic acids is 1. The molecule has 0 aliphatic heterocycles. The first-order valence-corrected chi connectivity index (χ1v) is 14.8. The Kier molecular flexibility index (Phi) is 8.29. The zero-order valence-electron chi connectivity index (χ0n) is 23.3. The van der Waals surface area contributed by atoms with Gasteiger partial charge in [0, 0.05) is 11.8 Å². The third-order valence-electron chi connectivity index (χ3n) is 11.2. The molecule has 3 saturated carbocycles. The Balaban J connectivity index is 1.52. The van der Waals surface area contributed by atoms with Crippen molar-refractivity contribution in [2.45, 2.75) is 124 Å². The number of carboxylic acid groups (broad SMARTS) is 1. The fourth-order valence-corrected chi connectivity index (χ4v) is 9.30. The SMILES string of the molecule is CC(C)CCC[C@@H](C)[C@H]1CC[C@H]2[C@@H]3CC=C4C[C@@H](O)CC(OC(=O)CCC(=O)O)[C@]4(C)[C@H]3CC[C@]12C. The van der Waals surface area contributed by atoms with E-state index >= 15 is 0 Å². The lowest BCUT2D eigenvalue weighted by Crippen LogP contribution is -2.56. The highest BCUT2D eigenvalue weighted by molar-refractivity contribution is 5.76. The van der Waals surface area contributed by atoms with E-state index in [1.54, 1.807) is 0 Å². The minimum Gasteiger partial charge on any atom is -0.481 e. The third-order valence-corrected chi connectivity index (χ3v) is 11.2. The van der Waals surface area contributed by atoms with Crippen molar-refractivity contribution in [2.75, 3.05) is 0 Å². The minimum absolute atomic E-state index is 0.109. The maximum Gasteiger partial charge on any atom is 0.306 e. The van der Waals surface area contributed by atoms with Crippen LogP contribution in [-0.2, 0) is 14.3 Å². The highest BCUT2D eigenvalue weighted by Gasteiger charge is 2.61. The molecule has 0 heterocycles. The van der Waals surface area contributed by atoms with Crippen LogP contribution in [0.15, 0.2) is 11.6 Å². The Morgan fingerprint density at radius 3 is 2.53 bits per heavy atom. The molecule has 2 N–H and O–H groups in total. The molecule has 0 aromatic heterocycles. The van der Waals surface area contributed by atoms with Gasteiger partial charge in [0.25, 0.3) is 0 Å². The summed E-state index contributed by atoms with van der Waals surface area (Å²) in [7, 11) is 0. The molecule has 0 saturated heterocycles. The summed E-state index contributed by atoms with van der Waals surface area (Å²) in [4.78, 5) is 23.6. The van der Waals surface area contributed by atoms with Crippen molar-refractivity contribution >= 4 is 11.9 Å². The van der Waals surface area contributed by atoms with Crippen LogP contribution in [0.3, 0.4) is 0 Å². The topological polar surface area (TPSA) is 83.8 Å². The van der Waals surface area contributed by atoms with Crippen molar-refractivity contribution in [2.24, 2.45) is 46.3 Å². The first-order chi connectivity index (χ1) is 17.0. The smallest absolute Gasteiger partial charge is 0.306 e. The Morgan fingerprint density at radius 2 is 1.83 bits per heavy atom. The lowest BCUT2D eigenvalue weighted by atomic mass is 9.46. The van der Waals surface area contributed by atoms with Crippen LogP contribution in [0.5, 0.6) is 0 Å². The highest BCUT2D eigenvalue weighted by Crippen LogP contribution is 2.67. The van der Waals surface area contributed by atoms with Gasteiger partial charge in [-0.05, 0) is 79.4 Å². The van der Waals surface area contributed by atoms with Crippen molar-refractivity contribution < 1.29 is 24.5 Å². The first-order valence-electron chi connectivity index (χ1n) is 14.8. The van der Waals surface area contributed by atoms with Gasteiger partial charge in [-0.3, -0.25) is 9.59 Å². The fourth-order valence-electron chi connectivity index (χ4n) is 9.30. The molecule has 0 radical (unpaired) electrons. The second kappa shape index (κ2) is 10.8. The summed E-state index contributed by atoms with van der Waals surface area (Å²) in [5, 5.41) is 19.6. The van der Waals surface area contributed by atoms with Gasteiger partial charge in [-0.1, -0.05) is 65.5 Å². The van der Waals surface area contributed by atoms with Crippen LogP contribution in [0.25, 0.3) is 0 Å². The number of hydrogen-bond donors (Lipinski definition) is 2. The molecule has 5 nitrogen and oxygen atoms in total. The van der Waals surface area contributed by atoms with Crippen molar-refractivity contribution in [1.82, 2.24) is 0 Å². The number of hydrogen-bond acceptors (Lipinski definition) is 4. The van der Waals surface area contributed by atoms with Gasteiger partial charge in [-0.25, -0.2) is 0 Å². The van der Waals surface area contributed by atoms with E-state index in [0.29, 0.717) is 36.0 Å². The molecule has 0 amide bonds. The standard InChI is InChI=1S/C31H50O5/c1-19(2)7-6-8-20(3)24-11-12-25-23-10-9-21-17-22(32)18-27(36-29(35)14-13-28(33)34)31(21,5)26(23)15-16-30(24,25)4/h9,19-20,22-27,32H,6-8,10-18H2,1-5H3,(H,33,34)/t20-,22-,23+,24-,25+,26+,27?,30-,31+/m1/s1. The average molecular weight is 503 g/mol. The number of esters is 1. The van der Waals surface area contributed by atoms with Crippen molar-refractivity contribution in [3.8, 4) is 0 Å². The van der Waals surface area contributed by atoms with Gasteiger partial charge in [0.1, 0.15) is 6.10 Å². The van der Waals surface area contributed by atoms with Gasteiger partial charge in [0.05, 0.1) is 18.9 Å². The molecular weight excluding hydrogens is 452 g/mol. The summed E-state index contributed by atoms with van der Waals surface area (Å²) < 4.78 is 5.99. The molecule has 3 fully saturated rings. The molecule has 0 aromatic carbocycles. The predicted molar refractivity (Wildman–Crippen MR) is 141 cm³/mol. The molecule has 9 atom stereocenters. The summed E-state index contributed by atoms with van der Waals surface area (Å²) >= 11 is 0. The van der Waals surface area contributed by atoms with Crippen molar-refractivity contribution in [1.29, 1.82) is 0 Å². The van der Waals surface area contributed by atoms with E-state index in [1.165, 1.54) is 44.1 Å². The summed E-state index contributed by atoms with van der Waals surface area (Å²) in [5.74, 6) is 2.68. The fraction of sp³-hybridized carbons (Fsp3) is 0.871. The Morgan fingerprint density at radius 1 is 1.08 bits per heavy atom. The van der Waals surface area contributed by atoms with Gasteiger partial charge in [0.2, 0.25) is 0 Å². The van der Waals surface area contributed by atoms with Crippen LogP contribution in [-0.4, -0.2) is 34.4 Å². The van der Waals surface area contributed by atoms with Crippen molar-refractivity contribution in [3.05, 3.63) is 11.6 Å².